The summed E-state index contributed by atoms with van der Waals surface area (Å²) < 4.78 is 0. The Hall–Kier alpha value is -0.410. The fourth-order valence-corrected chi connectivity index (χ4v) is 4.13. The van der Waals surface area contributed by atoms with Gasteiger partial charge in [-0.15, -0.1) is 11.3 Å². The van der Waals surface area contributed by atoms with Crippen molar-refractivity contribution in [2.24, 2.45) is 11.7 Å². The van der Waals surface area contributed by atoms with Crippen LogP contribution in [0.15, 0.2) is 0 Å². The van der Waals surface area contributed by atoms with E-state index in [2.05, 4.69) is 25.8 Å². The summed E-state index contributed by atoms with van der Waals surface area (Å²) in [6, 6.07) is 0. The maximum absolute atomic E-state index is 6.58. The SMILES string of the molecule is CCCC1CCC(N)(Cc2nc(C)c(C)s2)CC1. The standard InChI is InChI=1S/C15H26N2S/c1-4-5-13-6-8-15(16,9-7-13)10-14-17-11(2)12(3)18-14/h13H,4-10,16H2,1-3H3. The molecular formula is C15H26N2S. The molecule has 3 heteroatoms. The number of thiazole rings is 1. The molecule has 0 spiro atoms. The third-order valence-electron chi connectivity index (χ3n) is 4.37. The van der Waals surface area contributed by atoms with Crippen LogP contribution in [0.1, 0.15) is 61.0 Å². The van der Waals surface area contributed by atoms with Crippen molar-refractivity contribution in [3.05, 3.63) is 15.6 Å². The fraction of sp³-hybridized carbons (Fsp3) is 0.800. The van der Waals surface area contributed by atoms with Crippen molar-refractivity contribution >= 4 is 11.3 Å². The lowest BCUT2D eigenvalue weighted by atomic mass is 9.74. The molecule has 1 aliphatic rings. The molecule has 1 heterocycles. The molecule has 0 atom stereocenters. The van der Waals surface area contributed by atoms with E-state index in [-0.39, 0.29) is 5.54 Å². The maximum atomic E-state index is 6.58. The maximum Gasteiger partial charge on any atom is 0.0949 e. The molecule has 0 saturated heterocycles. The van der Waals surface area contributed by atoms with Gasteiger partial charge in [0.15, 0.2) is 0 Å². The van der Waals surface area contributed by atoms with Gasteiger partial charge in [-0.3, -0.25) is 0 Å². The Balaban J connectivity index is 1.93. The summed E-state index contributed by atoms with van der Waals surface area (Å²) in [7, 11) is 0. The predicted molar refractivity (Wildman–Crippen MR) is 79.1 cm³/mol. The third-order valence-corrected chi connectivity index (χ3v) is 5.45. The second-order valence-corrected chi connectivity index (χ2v) is 7.31. The summed E-state index contributed by atoms with van der Waals surface area (Å²) in [4.78, 5) is 5.98. The molecule has 2 N–H and O–H groups in total. The lowest BCUT2D eigenvalue weighted by Gasteiger charge is -2.36. The van der Waals surface area contributed by atoms with Gasteiger partial charge < -0.3 is 5.73 Å². The lowest BCUT2D eigenvalue weighted by Crippen LogP contribution is -2.45. The zero-order valence-electron chi connectivity index (χ0n) is 12.0. The highest BCUT2D eigenvalue weighted by molar-refractivity contribution is 7.11. The highest BCUT2D eigenvalue weighted by Crippen LogP contribution is 2.35. The van der Waals surface area contributed by atoms with Gasteiger partial charge in [-0.1, -0.05) is 19.8 Å². The number of nitrogens with zero attached hydrogens (tertiary/aromatic N) is 1. The van der Waals surface area contributed by atoms with Gasteiger partial charge in [0.2, 0.25) is 0 Å². The largest absolute Gasteiger partial charge is 0.325 e. The Morgan fingerprint density at radius 2 is 2.00 bits per heavy atom. The van der Waals surface area contributed by atoms with E-state index in [4.69, 9.17) is 5.73 Å². The molecule has 2 nitrogen and oxygen atoms in total. The number of hydrogen-bond acceptors (Lipinski definition) is 3. The molecule has 1 aliphatic carbocycles. The lowest BCUT2D eigenvalue weighted by molar-refractivity contribution is 0.223. The van der Waals surface area contributed by atoms with Crippen molar-refractivity contribution in [2.45, 2.75) is 71.3 Å². The van der Waals surface area contributed by atoms with Crippen LogP contribution in [0.2, 0.25) is 0 Å². The van der Waals surface area contributed by atoms with Crippen LogP contribution in [-0.2, 0) is 6.42 Å². The van der Waals surface area contributed by atoms with Crippen molar-refractivity contribution in [2.75, 3.05) is 0 Å². The van der Waals surface area contributed by atoms with Crippen LogP contribution in [0.25, 0.3) is 0 Å². The molecule has 0 aliphatic heterocycles. The molecule has 1 saturated carbocycles. The molecule has 0 bridgehead atoms. The van der Waals surface area contributed by atoms with Crippen molar-refractivity contribution in [1.29, 1.82) is 0 Å². The first-order valence-corrected chi connectivity index (χ1v) is 8.06. The van der Waals surface area contributed by atoms with Crippen LogP contribution in [0.5, 0.6) is 0 Å². The summed E-state index contributed by atoms with van der Waals surface area (Å²) in [5.41, 5.74) is 7.77. The van der Waals surface area contributed by atoms with Gasteiger partial charge in [0.05, 0.1) is 10.7 Å². The summed E-state index contributed by atoms with van der Waals surface area (Å²) in [5.74, 6) is 0.923. The fourth-order valence-electron chi connectivity index (χ4n) is 3.04. The quantitative estimate of drug-likeness (QED) is 0.895. The highest BCUT2D eigenvalue weighted by Gasteiger charge is 2.32. The molecule has 0 unspecified atom stereocenters. The number of hydrogen-bond donors (Lipinski definition) is 1. The molecule has 18 heavy (non-hydrogen) atoms. The van der Waals surface area contributed by atoms with E-state index < -0.39 is 0 Å². The van der Waals surface area contributed by atoms with Crippen LogP contribution in [0.3, 0.4) is 0 Å². The van der Waals surface area contributed by atoms with E-state index in [1.165, 1.54) is 54.1 Å². The summed E-state index contributed by atoms with van der Waals surface area (Å²) in [5, 5.41) is 1.24. The normalized spacial score (nSPS) is 28.6. The minimum Gasteiger partial charge on any atom is -0.325 e. The molecule has 0 amide bonds. The predicted octanol–water partition coefficient (Wildman–Crippen LogP) is 3.99. The topological polar surface area (TPSA) is 38.9 Å². The third kappa shape index (κ3) is 3.33. The zero-order valence-corrected chi connectivity index (χ0v) is 12.8. The summed E-state index contributed by atoms with van der Waals surface area (Å²) in [6.45, 7) is 6.53. The number of rotatable bonds is 4. The Morgan fingerprint density at radius 3 is 2.50 bits per heavy atom. The molecular weight excluding hydrogens is 240 g/mol. The van der Waals surface area contributed by atoms with E-state index in [1.807, 2.05) is 11.3 Å². The van der Waals surface area contributed by atoms with E-state index in [9.17, 15) is 0 Å². The van der Waals surface area contributed by atoms with Crippen molar-refractivity contribution < 1.29 is 0 Å². The molecule has 1 aromatic rings. The van der Waals surface area contributed by atoms with Crippen LogP contribution in [0, 0.1) is 19.8 Å². The van der Waals surface area contributed by atoms with E-state index in [0.717, 1.165) is 12.3 Å². The minimum absolute atomic E-state index is 0.0149. The number of aromatic nitrogens is 1. The number of aryl methyl sites for hydroxylation is 2. The van der Waals surface area contributed by atoms with Gasteiger partial charge in [0.1, 0.15) is 0 Å². The second-order valence-electron chi connectivity index (χ2n) is 6.02. The summed E-state index contributed by atoms with van der Waals surface area (Å²) >= 11 is 1.83. The Kier molecular flexibility index (Phi) is 4.44. The minimum atomic E-state index is 0.0149. The monoisotopic (exact) mass is 266 g/mol. The van der Waals surface area contributed by atoms with Gasteiger partial charge in [-0.2, -0.15) is 0 Å². The van der Waals surface area contributed by atoms with E-state index in [1.54, 1.807) is 0 Å². The Morgan fingerprint density at radius 1 is 1.33 bits per heavy atom. The van der Waals surface area contributed by atoms with Gasteiger partial charge in [-0.05, 0) is 45.4 Å². The smallest absolute Gasteiger partial charge is 0.0949 e. The first kappa shape index (κ1) is 14.0. The molecule has 0 radical (unpaired) electrons. The molecule has 2 rings (SSSR count). The van der Waals surface area contributed by atoms with Crippen molar-refractivity contribution in [1.82, 2.24) is 4.98 Å². The van der Waals surface area contributed by atoms with Crippen molar-refractivity contribution in [3.8, 4) is 0 Å². The Bertz CT molecular complexity index is 370. The second kappa shape index (κ2) is 5.70. The van der Waals surface area contributed by atoms with Crippen LogP contribution in [-0.4, -0.2) is 10.5 Å². The first-order chi connectivity index (χ1) is 8.52. The average molecular weight is 266 g/mol. The van der Waals surface area contributed by atoms with Gasteiger partial charge in [0.25, 0.3) is 0 Å². The molecule has 102 valence electrons. The molecule has 0 aromatic carbocycles. The average Bonchev–Trinajstić information content (AvgIpc) is 2.61. The van der Waals surface area contributed by atoms with Crippen LogP contribution < -0.4 is 5.73 Å². The zero-order chi connectivity index (χ0) is 13.2. The van der Waals surface area contributed by atoms with Crippen LogP contribution >= 0.6 is 11.3 Å². The van der Waals surface area contributed by atoms with Gasteiger partial charge >= 0.3 is 0 Å². The molecule has 1 aromatic heterocycles. The van der Waals surface area contributed by atoms with Crippen molar-refractivity contribution in [3.63, 3.8) is 0 Å². The van der Waals surface area contributed by atoms with Crippen LogP contribution in [0.4, 0.5) is 0 Å². The number of nitrogens with two attached hydrogens (primary N) is 1. The van der Waals surface area contributed by atoms with E-state index >= 15 is 0 Å². The first-order valence-electron chi connectivity index (χ1n) is 7.24. The van der Waals surface area contributed by atoms with E-state index in [0.29, 0.717) is 0 Å². The highest BCUT2D eigenvalue weighted by atomic mass is 32.1. The summed E-state index contributed by atoms with van der Waals surface area (Å²) in [6.07, 6.45) is 8.65. The molecule has 1 fully saturated rings. The van der Waals surface area contributed by atoms with Gasteiger partial charge in [0, 0.05) is 16.8 Å². The Labute approximate surface area is 115 Å². The van der Waals surface area contributed by atoms with Gasteiger partial charge in [-0.25, -0.2) is 4.98 Å².